The molecule has 2 aliphatic rings. The predicted octanol–water partition coefficient (Wildman–Crippen LogP) is 3.63. The summed E-state index contributed by atoms with van der Waals surface area (Å²) in [5.74, 6) is 0.312. The van der Waals surface area contributed by atoms with E-state index in [0.717, 1.165) is 25.7 Å². The topological polar surface area (TPSA) is 44.0 Å². The molecule has 1 aromatic carbocycles. The molecule has 3 rings (SSSR count). The average molecular weight is 269 g/mol. The van der Waals surface area contributed by atoms with Crippen LogP contribution in [-0.4, -0.2) is 11.2 Å². The largest absolute Gasteiger partial charge is 0.391 e. The summed E-state index contributed by atoms with van der Waals surface area (Å²) in [7, 11) is 0. The van der Waals surface area contributed by atoms with E-state index in [4.69, 9.17) is 0 Å². The summed E-state index contributed by atoms with van der Waals surface area (Å²) in [6.45, 7) is 0. The number of aliphatic hydroxyl groups excluding tert-OH is 1. The predicted molar refractivity (Wildman–Crippen MR) is 79.1 cm³/mol. The highest BCUT2D eigenvalue weighted by Crippen LogP contribution is 2.43. The zero-order chi connectivity index (χ0) is 14.0. The molecule has 0 heterocycles. The summed E-state index contributed by atoms with van der Waals surface area (Å²) in [6, 6.07) is 10.8. The lowest BCUT2D eigenvalue weighted by molar-refractivity contribution is 0.0117. The van der Waals surface area contributed by atoms with Gasteiger partial charge >= 0.3 is 0 Å². The Kier molecular flexibility index (Phi) is 3.81. The second kappa shape index (κ2) is 5.58. The van der Waals surface area contributed by atoms with Gasteiger partial charge in [0.1, 0.15) is 0 Å². The fourth-order valence-corrected chi connectivity index (χ4v) is 4.08. The molecule has 0 amide bonds. The molecule has 2 nitrogen and oxygen atoms in total. The van der Waals surface area contributed by atoms with Crippen LogP contribution in [0.15, 0.2) is 24.3 Å². The molecule has 0 aromatic heterocycles. The van der Waals surface area contributed by atoms with Crippen molar-refractivity contribution in [1.82, 2.24) is 0 Å². The molecule has 106 valence electrons. The Bertz CT molecular complexity index is 483. The number of hydrogen-bond donors (Lipinski definition) is 1. The van der Waals surface area contributed by atoms with Crippen molar-refractivity contribution in [3.8, 4) is 6.07 Å². The van der Waals surface area contributed by atoms with Gasteiger partial charge in [0.25, 0.3) is 0 Å². The Labute approximate surface area is 121 Å². The molecule has 0 spiro atoms. The Morgan fingerprint density at radius 2 is 1.60 bits per heavy atom. The number of benzene rings is 1. The quantitative estimate of drug-likeness (QED) is 0.833. The van der Waals surface area contributed by atoms with E-state index in [9.17, 15) is 10.4 Å². The first-order valence-corrected chi connectivity index (χ1v) is 7.91. The van der Waals surface area contributed by atoms with Gasteiger partial charge in [0.2, 0.25) is 0 Å². The summed E-state index contributed by atoms with van der Waals surface area (Å²) in [5, 5.41) is 20.6. The molecule has 20 heavy (non-hydrogen) atoms. The SMILES string of the molecule is N#CC1(C(O)C2CCCCCC2)Cc2ccccc2C1. The van der Waals surface area contributed by atoms with E-state index in [-0.39, 0.29) is 0 Å². The van der Waals surface area contributed by atoms with Crippen LogP contribution in [0.2, 0.25) is 0 Å². The molecule has 1 atom stereocenters. The number of nitriles is 1. The minimum absolute atomic E-state index is 0.312. The second-order valence-corrected chi connectivity index (χ2v) is 6.59. The minimum Gasteiger partial charge on any atom is -0.391 e. The number of nitrogens with zero attached hydrogens (tertiary/aromatic N) is 1. The van der Waals surface area contributed by atoms with E-state index < -0.39 is 11.5 Å². The molecule has 0 aliphatic heterocycles. The monoisotopic (exact) mass is 269 g/mol. The molecule has 1 N–H and O–H groups in total. The van der Waals surface area contributed by atoms with Gasteiger partial charge in [-0.3, -0.25) is 0 Å². The van der Waals surface area contributed by atoms with E-state index >= 15 is 0 Å². The summed E-state index contributed by atoms with van der Waals surface area (Å²) >= 11 is 0. The second-order valence-electron chi connectivity index (χ2n) is 6.59. The number of hydrogen-bond acceptors (Lipinski definition) is 2. The van der Waals surface area contributed by atoms with Crippen LogP contribution in [0.25, 0.3) is 0 Å². The Hall–Kier alpha value is -1.33. The van der Waals surface area contributed by atoms with Gasteiger partial charge < -0.3 is 5.11 Å². The van der Waals surface area contributed by atoms with Gasteiger partial charge in [-0.05, 0) is 42.7 Å². The van der Waals surface area contributed by atoms with Gasteiger partial charge in [-0.2, -0.15) is 5.26 Å². The summed E-state index contributed by atoms with van der Waals surface area (Å²) in [6.07, 6.45) is 8.10. The zero-order valence-corrected chi connectivity index (χ0v) is 12.0. The van der Waals surface area contributed by atoms with Crippen molar-refractivity contribution in [1.29, 1.82) is 5.26 Å². The van der Waals surface area contributed by atoms with Crippen LogP contribution in [-0.2, 0) is 12.8 Å². The maximum absolute atomic E-state index is 10.9. The maximum atomic E-state index is 10.9. The van der Waals surface area contributed by atoms with E-state index in [2.05, 4.69) is 18.2 Å². The van der Waals surface area contributed by atoms with Crippen molar-refractivity contribution in [3.05, 3.63) is 35.4 Å². The maximum Gasteiger partial charge on any atom is 0.0915 e. The van der Waals surface area contributed by atoms with E-state index in [1.807, 2.05) is 12.1 Å². The fraction of sp³-hybridized carbons (Fsp3) is 0.611. The Balaban J connectivity index is 1.82. The number of fused-ring (bicyclic) bond motifs is 1. The normalized spacial score (nSPS) is 23.6. The third-order valence-corrected chi connectivity index (χ3v) is 5.27. The molecule has 2 aliphatic carbocycles. The molecule has 1 aromatic rings. The van der Waals surface area contributed by atoms with Crippen LogP contribution >= 0.6 is 0 Å². The van der Waals surface area contributed by atoms with E-state index in [0.29, 0.717) is 5.92 Å². The summed E-state index contributed by atoms with van der Waals surface area (Å²) in [4.78, 5) is 0. The van der Waals surface area contributed by atoms with Crippen LogP contribution in [0.3, 0.4) is 0 Å². The molecular weight excluding hydrogens is 246 g/mol. The molecule has 1 unspecified atom stereocenters. The lowest BCUT2D eigenvalue weighted by Gasteiger charge is -2.33. The van der Waals surface area contributed by atoms with Gasteiger partial charge in [0.15, 0.2) is 0 Å². The van der Waals surface area contributed by atoms with Gasteiger partial charge in [-0.15, -0.1) is 0 Å². The average Bonchev–Trinajstić information content (AvgIpc) is 2.66. The van der Waals surface area contributed by atoms with Crippen molar-refractivity contribution in [2.24, 2.45) is 11.3 Å². The van der Waals surface area contributed by atoms with Crippen LogP contribution < -0.4 is 0 Å². The van der Waals surface area contributed by atoms with Crippen LogP contribution in [0.4, 0.5) is 0 Å². The molecular formula is C18H23NO. The van der Waals surface area contributed by atoms with Crippen LogP contribution in [0.1, 0.15) is 49.7 Å². The van der Waals surface area contributed by atoms with Gasteiger partial charge in [0, 0.05) is 0 Å². The van der Waals surface area contributed by atoms with Gasteiger partial charge in [0.05, 0.1) is 17.6 Å². The molecule has 0 radical (unpaired) electrons. The van der Waals surface area contributed by atoms with Crippen molar-refractivity contribution in [3.63, 3.8) is 0 Å². The number of aliphatic hydroxyl groups is 1. The van der Waals surface area contributed by atoms with Crippen LogP contribution in [0.5, 0.6) is 0 Å². The van der Waals surface area contributed by atoms with Gasteiger partial charge in [-0.1, -0.05) is 49.9 Å². The number of rotatable bonds is 2. The van der Waals surface area contributed by atoms with E-state index in [1.165, 1.54) is 36.8 Å². The van der Waals surface area contributed by atoms with Crippen molar-refractivity contribution >= 4 is 0 Å². The highest BCUT2D eigenvalue weighted by Gasteiger charge is 2.46. The molecule has 1 fully saturated rings. The van der Waals surface area contributed by atoms with Crippen molar-refractivity contribution < 1.29 is 5.11 Å². The third-order valence-electron chi connectivity index (χ3n) is 5.27. The minimum atomic E-state index is -0.585. The van der Waals surface area contributed by atoms with Crippen LogP contribution in [0, 0.1) is 22.7 Å². The Morgan fingerprint density at radius 1 is 1.05 bits per heavy atom. The highest BCUT2D eigenvalue weighted by atomic mass is 16.3. The zero-order valence-electron chi connectivity index (χ0n) is 12.0. The summed E-state index contributed by atoms with van der Waals surface area (Å²) in [5.41, 5.74) is 1.92. The molecule has 0 bridgehead atoms. The fourth-order valence-electron chi connectivity index (χ4n) is 4.08. The summed E-state index contributed by atoms with van der Waals surface area (Å²) < 4.78 is 0. The highest BCUT2D eigenvalue weighted by molar-refractivity contribution is 5.38. The smallest absolute Gasteiger partial charge is 0.0915 e. The Morgan fingerprint density at radius 3 is 2.10 bits per heavy atom. The first-order valence-electron chi connectivity index (χ1n) is 7.91. The first kappa shape index (κ1) is 13.6. The lowest BCUT2D eigenvalue weighted by Crippen LogP contribution is -2.40. The van der Waals surface area contributed by atoms with E-state index in [1.54, 1.807) is 0 Å². The van der Waals surface area contributed by atoms with Gasteiger partial charge in [-0.25, -0.2) is 0 Å². The van der Waals surface area contributed by atoms with Crippen molar-refractivity contribution in [2.75, 3.05) is 0 Å². The standard InChI is InChI=1S/C18H23NO/c19-13-18(11-15-9-5-6-10-16(15)12-18)17(20)14-7-3-1-2-4-8-14/h5-6,9-10,14,17,20H,1-4,7-8,11-12H2. The molecule has 0 saturated heterocycles. The lowest BCUT2D eigenvalue weighted by atomic mass is 9.73. The molecule has 2 heteroatoms. The third kappa shape index (κ3) is 2.36. The first-order chi connectivity index (χ1) is 9.75. The van der Waals surface area contributed by atoms with Crippen molar-refractivity contribution in [2.45, 2.75) is 57.5 Å². The molecule has 1 saturated carbocycles.